The first-order chi connectivity index (χ1) is 6.22. The van der Waals surface area contributed by atoms with E-state index < -0.39 is 0 Å². The van der Waals surface area contributed by atoms with Crippen LogP contribution in [-0.4, -0.2) is 7.11 Å². The lowest BCUT2D eigenvalue weighted by Crippen LogP contribution is -1.84. The van der Waals surface area contributed by atoms with E-state index >= 15 is 0 Å². The summed E-state index contributed by atoms with van der Waals surface area (Å²) in [5, 5.41) is 2.95. The zero-order chi connectivity index (χ0) is 9.42. The molecule has 0 N–H and O–H groups in total. The second-order valence-electron chi connectivity index (χ2n) is 2.90. The van der Waals surface area contributed by atoms with Gasteiger partial charge in [0.05, 0.1) is 11.8 Å². The molecular weight excluding hydrogens is 187 g/mol. The highest BCUT2D eigenvalue weighted by atomic mass is 32.1. The van der Waals surface area contributed by atoms with E-state index in [4.69, 9.17) is 4.74 Å². The first-order valence-electron chi connectivity index (χ1n) is 3.93. The number of benzene rings is 1. The summed E-state index contributed by atoms with van der Waals surface area (Å²) >= 11 is 1.58. The first-order valence-corrected chi connectivity index (χ1v) is 4.81. The molecule has 0 bridgehead atoms. The molecule has 0 spiro atoms. The summed E-state index contributed by atoms with van der Waals surface area (Å²) in [6, 6.07) is 2.96. The van der Waals surface area contributed by atoms with E-state index in [2.05, 4.69) is 0 Å². The van der Waals surface area contributed by atoms with Crippen LogP contribution in [-0.2, 0) is 0 Å². The fraction of sp³-hybridized carbons (Fsp3) is 0.200. The Balaban J connectivity index is 2.84. The monoisotopic (exact) mass is 196 g/mol. The number of thiophene rings is 1. The minimum Gasteiger partial charge on any atom is -0.495 e. The topological polar surface area (TPSA) is 9.23 Å². The van der Waals surface area contributed by atoms with Crippen molar-refractivity contribution >= 4 is 21.4 Å². The van der Waals surface area contributed by atoms with Gasteiger partial charge in [-0.15, -0.1) is 11.3 Å². The second kappa shape index (κ2) is 3.00. The highest BCUT2D eigenvalue weighted by molar-refractivity contribution is 7.17. The van der Waals surface area contributed by atoms with Gasteiger partial charge in [-0.25, -0.2) is 4.39 Å². The van der Waals surface area contributed by atoms with Gasteiger partial charge in [-0.05, 0) is 23.9 Å². The normalized spacial score (nSPS) is 10.7. The maximum Gasteiger partial charge on any atom is 0.139 e. The third kappa shape index (κ3) is 1.29. The summed E-state index contributed by atoms with van der Waals surface area (Å²) in [4.78, 5) is 0. The summed E-state index contributed by atoms with van der Waals surface area (Å²) in [5.41, 5.74) is 1.10. The van der Waals surface area contributed by atoms with E-state index in [0.717, 1.165) is 15.6 Å². The third-order valence-electron chi connectivity index (χ3n) is 2.02. The Labute approximate surface area is 79.8 Å². The van der Waals surface area contributed by atoms with Crippen LogP contribution in [0.3, 0.4) is 0 Å². The van der Waals surface area contributed by atoms with Crippen LogP contribution >= 0.6 is 11.3 Å². The minimum absolute atomic E-state index is 0.245. The molecule has 0 amide bonds. The summed E-state index contributed by atoms with van der Waals surface area (Å²) in [6.45, 7) is 1.97. The smallest absolute Gasteiger partial charge is 0.139 e. The van der Waals surface area contributed by atoms with Crippen molar-refractivity contribution in [2.75, 3.05) is 7.11 Å². The Bertz CT molecular complexity index is 447. The van der Waals surface area contributed by atoms with E-state index in [1.54, 1.807) is 24.5 Å². The molecule has 0 saturated heterocycles. The number of ether oxygens (including phenoxy) is 1. The van der Waals surface area contributed by atoms with Crippen LogP contribution in [0.4, 0.5) is 4.39 Å². The summed E-state index contributed by atoms with van der Waals surface area (Å²) in [5.74, 6) is 0.374. The summed E-state index contributed by atoms with van der Waals surface area (Å²) in [6.07, 6.45) is 0. The molecule has 0 fully saturated rings. The molecule has 0 saturated carbocycles. The lowest BCUT2D eigenvalue weighted by Gasteiger charge is -2.01. The highest BCUT2D eigenvalue weighted by Crippen LogP contribution is 2.34. The highest BCUT2D eigenvalue weighted by Gasteiger charge is 2.07. The van der Waals surface area contributed by atoms with Crippen LogP contribution in [0.25, 0.3) is 10.1 Å². The van der Waals surface area contributed by atoms with Crippen LogP contribution in [0.15, 0.2) is 17.5 Å². The molecular formula is C10H9FOS. The average molecular weight is 196 g/mol. The Morgan fingerprint density at radius 1 is 1.38 bits per heavy atom. The molecule has 2 aromatic rings. The Morgan fingerprint density at radius 3 is 2.85 bits per heavy atom. The van der Waals surface area contributed by atoms with Crippen molar-refractivity contribution < 1.29 is 9.13 Å². The van der Waals surface area contributed by atoms with Crippen molar-refractivity contribution in [3.8, 4) is 5.75 Å². The van der Waals surface area contributed by atoms with Gasteiger partial charge in [0, 0.05) is 11.5 Å². The zero-order valence-corrected chi connectivity index (χ0v) is 8.24. The SMILES string of the molecule is COc1cc(F)cc2c(C)csc12. The van der Waals surface area contributed by atoms with Gasteiger partial charge in [0.2, 0.25) is 0 Å². The van der Waals surface area contributed by atoms with Crippen molar-refractivity contribution in [3.05, 3.63) is 28.9 Å². The molecule has 0 unspecified atom stereocenters. The summed E-state index contributed by atoms with van der Waals surface area (Å²) < 4.78 is 19.2. The molecule has 1 heterocycles. The van der Waals surface area contributed by atoms with Gasteiger partial charge in [0.15, 0.2) is 0 Å². The van der Waals surface area contributed by atoms with Gasteiger partial charge in [-0.1, -0.05) is 0 Å². The standard InChI is InChI=1S/C10H9FOS/c1-6-5-13-10-8(6)3-7(11)4-9(10)12-2/h3-5H,1-2H3. The maximum atomic E-state index is 13.1. The average Bonchev–Trinajstić information content (AvgIpc) is 2.47. The number of aryl methyl sites for hydroxylation is 1. The first kappa shape index (κ1) is 8.51. The zero-order valence-electron chi connectivity index (χ0n) is 7.43. The molecule has 1 aromatic heterocycles. The van der Waals surface area contributed by atoms with E-state index in [-0.39, 0.29) is 5.82 Å². The quantitative estimate of drug-likeness (QED) is 0.679. The number of hydrogen-bond acceptors (Lipinski definition) is 2. The van der Waals surface area contributed by atoms with Gasteiger partial charge in [-0.3, -0.25) is 0 Å². The van der Waals surface area contributed by atoms with Crippen LogP contribution < -0.4 is 4.74 Å². The molecule has 3 heteroatoms. The largest absolute Gasteiger partial charge is 0.495 e. The van der Waals surface area contributed by atoms with Crippen molar-refractivity contribution in [2.45, 2.75) is 6.92 Å². The summed E-state index contributed by atoms with van der Waals surface area (Å²) in [7, 11) is 1.56. The van der Waals surface area contributed by atoms with Crippen LogP contribution in [0.2, 0.25) is 0 Å². The van der Waals surface area contributed by atoms with Gasteiger partial charge in [-0.2, -0.15) is 0 Å². The van der Waals surface area contributed by atoms with Crippen molar-refractivity contribution in [2.24, 2.45) is 0 Å². The van der Waals surface area contributed by atoms with Crippen LogP contribution in [0.5, 0.6) is 5.75 Å². The van der Waals surface area contributed by atoms with Gasteiger partial charge >= 0.3 is 0 Å². The maximum absolute atomic E-state index is 13.1. The molecule has 13 heavy (non-hydrogen) atoms. The van der Waals surface area contributed by atoms with Crippen molar-refractivity contribution in [3.63, 3.8) is 0 Å². The van der Waals surface area contributed by atoms with Gasteiger partial charge in [0.1, 0.15) is 11.6 Å². The van der Waals surface area contributed by atoms with E-state index in [9.17, 15) is 4.39 Å². The van der Waals surface area contributed by atoms with Crippen LogP contribution in [0.1, 0.15) is 5.56 Å². The van der Waals surface area contributed by atoms with E-state index in [1.165, 1.54) is 6.07 Å². The molecule has 0 radical (unpaired) electrons. The lowest BCUT2D eigenvalue weighted by atomic mass is 10.2. The lowest BCUT2D eigenvalue weighted by molar-refractivity contribution is 0.417. The van der Waals surface area contributed by atoms with E-state index in [1.807, 2.05) is 12.3 Å². The predicted octanol–water partition coefficient (Wildman–Crippen LogP) is 3.36. The molecule has 2 rings (SSSR count). The molecule has 0 aliphatic carbocycles. The molecule has 1 nitrogen and oxygen atoms in total. The van der Waals surface area contributed by atoms with Crippen LogP contribution in [0, 0.1) is 12.7 Å². The molecule has 0 aliphatic rings. The fourth-order valence-corrected chi connectivity index (χ4v) is 2.37. The molecule has 0 aliphatic heterocycles. The second-order valence-corrected chi connectivity index (χ2v) is 3.78. The predicted molar refractivity (Wildman–Crippen MR) is 53.1 cm³/mol. The molecule has 68 valence electrons. The number of hydrogen-bond donors (Lipinski definition) is 0. The minimum atomic E-state index is -0.245. The Hall–Kier alpha value is -1.09. The van der Waals surface area contributed by atoms with Crippen molar-refractivity contribution in [1.82, 2.24) is 0 Å². The third-order valence-corrected chi connectivity index (χ3v) is 3.15. The van der Waals surface area contributed by atoms with E-state index in [0.29, 0.717) is 5.75 Å². The number of methoxy groups -OCH3 is 1. The number of halogens is 1. The number of rotatable bonds is 1. The number of fused-ring (bicyclic) bond motifs is 1. The van der Waals surface area contributed by atoms with Gasteiger partial charge < -0.3 is 4.74 Å². The molecule has 0 atom stereocenters. The Kier molecular flexibility index (Phi) is 1.96. The molecule has 1 aromatic carbocycles. The Morgan fingerprint density at radius 2 is 2.15 bits per heavy atom. The van der Waals surface area contributed by atoms with Crippen molar-refractivity contribution in [1.29, 1.82) is 0 Å². The van der Waals surface area contributed by atoms with Gasteiger partial charge in [0.25, 0.3) is 0 Å². The fourth-order valence-electron chi connectivity index (χ4n) is 1.35.